The molecule has 5 rings (SSSR count). The molecule has 134 valence electrons. The molecule has 3 aliphatic rings. The molecule has 0 radical (unpaired) electrons. The Morgan fingerprint density at radius 3 is 2.54 bits per heavy atom. The van der Waals surface area contributed by atoms with Gasteiger partial charge in [-0.1, -0.05) is 37.1 Å². The van der Waals surface area contributed by atoms with Crippen molar-refractivity contribution in [3.63, 3.8) is 0 Å². The van der Waals surface area contributed by atoms with Crippen LogP contribution < -0.4 is 14.2 Å². The van der Waals surface area contributed by atoms with Gasteiger partial charge in [0.15, 0.2) is 11.5 Å². The van der Waals surface area contributed by atoms with E-state index in [4.69, 9.17) is 14.2 Å². The van der Waals surface area contributed by atoms with Crippen LogP contribution in [-0.4, -0.2) is 29.7 Å². The summed E-state index contributed by atoms with van der Waals surface area (Å²) < 4.78 is 17.0. The molecule has 2 aromatic rings. The Kier molecular flexibility index (Phi) is 3.73. The molecule has 2 atom stereocenters. The number of likely N-dealkylation sites (tertiary alicyclic amines) is 1. The number of carbonyl (C=O) groups is 1. The van der Waals surface area contributed by atoms with Crippen LogP contribution in [0.15, 0.2) is 48.5 Å². The Morgan fingerprint density at radius 1 is 0.962 bits per heavy atom. The molecule has 1 saturated carbocycles. The number of benzene rings is 2. The van der Waals surface area contributed by atoms with Crippen molar-refractivity contribution in [2.75, 3.05) is 6.79 Å². The third-order valence-corrected chi connectivity index (χ3v) is 5.55. The highest BCUT2D eigenvalue weighted by Crippen LogP contribution is 2.45. The summed E-state index contributed by atoms with van der Waals surface area (Å²) in [6, 6.07) is 15.7. The molecule has 1 amide bonds. The second-order valence-electron chi connectivity index (χ2n) is 7.09. The van der Waals surface area contributed by atoms with Gasteiger partial charge in [-0.15, -0.1) is 0 Å². The van der Waals surface area contributed by atoms with Crippen LogP contribution in [0.25, 0.3) is 0 Å². The zero-order chi connectivity index (χ0) is 17.5. The first kappa shape index (κ1) is 15.6. The molecule has 1 saturated heterocycles. The zero-order valence-corrected chi connectivity index (χ0v) is 14.5. The van der Waals surface area contributed by atoms with E-state index in [-0.39, 0.29) is 18.7 Å². The van der Waals surface area contributed by atoms with Crippen LogP contribution in [-0.2, 0) is 4.79 Å². The topological polar surface area (TPSA) is 48.0 Å². The molecule has 0 aromatic heterocycles. The Hall–Kier alpha value is -2.69. The molecule has 0 spiro atoms. The van der Waals surface area contributed by atoms with E-state index in [1.54, 1.807) is 0 Å². The lowest BCUT2D eigenvalue weighted by Gasteiger charge is -2.50. The largest absolute Gasteiger partial charge is 0.478 e. The second-order valence-corrected chi connectivity index (χ2v) is 7.09. The number of hydrogen-bond donors (Lipinski definition) is 0. The molecule has 1 aliphatic carbocycles. The van der Waals surface area contributed by atoms with Crippen molar-refractivity contribution >= 4 is 5.91 Å². The van der Waals surface area contributed by atoms with Gasteiger partial charge >= 0.3 is 0 Å². The summed E-state index contributed by atoms with van der Waals surface area (Å²) in [5.74, 6) is 2.31. The van der Waals surface area contributed by atoms with Gasteiger partial charge in [0.1, 0.15) is 11.8 Å². The van der Waals surface area contributed by atoms with Crippen LogP contribution >= 0.6 is 0 Å². The van der Waals surface area contributed by atoms with E-state index in [1.807, 2.05) is 53.4 Å². The third kappa shape index (κ3) is 2.50. The summed E-state index contributed by atoms with van der Waals surface area (Å²) in [7, 11) is 0. The smallest absolute Gasteiger partial charge is 0.267 e. The van der Waals surface area contributed by atoms with Crippen molar-refractivity contribution in [3.05, 3.63) is 54.1 Å². The van der Waals surface area contributed by atoms with Crippen molar-refractivity contribution < 1.29 is 19.0 Å². The van der Waals surface area contributed by atoms with Gasteiger partial charge in [-0.05, 0) is 42.7 Å². The Balaban J connectivity index is 1.47. The number of β-lactam (4-membered cyclic amide) rings is 1. The molecule has 2 fully saturated rings. The summed E-state index contributed by atoms with van der Waals surface area (Å²) >= 11 is 0. The van der Waals surface area contributed by atoms with Crippen molar-refractivity contribution in [2.45, 2.75) is 43.9 Å². The minimum absolute atomic E-state index is 0.0830. The summed E-state index contributed by atoms with van der Waals surface area (Å²) in [5, 5.41) is 0. The predicted octanol–water partition coefficient (Wildman–Crippen LogP) is 3.69. The van der Waals surface area contributed by atoms with Gasteiger partial charge in [0.25, 0.3) is 5.91 Å². The summed E-state index contributed by atoms with van der Waals surface area (Å²) in [4.78, 5) is 14.9. The van der Waals surface area contributed by atoms with Crippen LogP contribution in [0.1, 0.15) is 37.3 Å². The molecule has 0 unspecified atom stereocenters. The van der Waals surface area contributed by atoms with Crippen molar-refractivity contribution in [1.29, 1.82) is 0 Å². The van der Waals surface area contributed by atoms with Crippen LogP contribution in [0.2, 0.25) is 0 Å². The molecule has 5 heteroatoms. The minimum Gasteiger partial charge on any atom is -0.478 e. The highest BCUT2D eigenvalue weighted by Gasteiger charge is 2.53. The van der Waals surface area contributed by atoms with E-state index in [9.17, 15) is 4.79 Å². The third-order valence-electron chi connectivity index (χ3n) is 5.55. The molecule has 2 aromatic carbocycles. The molecule has 2 aliphatic heterocycles. The molecule has 5 nitrogen and oxygen atoms in total. The van der Waals surface area contributed by atoms with Gasteiger partial charge in [-0.2, -0.15) is 0 Å². The van der Waals surface area contributed by atoms with Crippen LogP contribution in [0, 0.1) is 0 Å². The summed E-state index contributed by atoms with van der Waals surface area (Å²) in [6.45, 7) is 0.249. The average Bonchev–Trinajstić information content (AvgIpc) is 3.35. The number of ether oxygens (including phenoxy) is 3. The maximum atomic E-state index is 12.9. The normalized spacial score (nSPS) is 24.6. The predicted molar refractivity (Wildman–Crippen MR) is 95.3 cm³/mol. The van der Waals surface area contributed by atoms with Crippen LogP contribution in [0.3, 0.4) is 0 Å². The van der Waals surface area contributed by atoms with Crippen LogP contribution in [0.4, 0.5) is 0 Å². The number of rotatable bonds is 4. The first-order valence-electron chi connectivity index (χ1n) is 9.25. The van der Waals surface area contributed by atoms with Gasteiger partial charge < -0.3 is 19.1 Å². The maximum absolute atomic E-state index is 12.9. The Morgan fingerprint density at radius 2 is 1.73 bits per heavy atom. The van der Waals surface area contributed by atoms with Crippen molar-refractivity contribution in [2.24, 2.45) is 0 Å². The first-order chi connectivity index (χ1) is 12.8. The SMILES string of the molecule is O=C1[C@H](Oc2ccccc2)[C@H](c2ccc3c(c2)OCO3)N1C1CCCC1. The maximum Gasteiger partial charge on any atom is 0.267 e. The quantitative estimate of drug-likeness (QED) is 0.788. The van der Waals surface area contributed by atoms with E-state index in [0.717, 1.165) is 35.7 Å². The lowest BCUT2D eigenvalue weighted by molar-refractivity contribution is -0.169. The molecular formula is C21H21NO4. The fraction of sp³-hybridized carbons (Fsp3) is 0.381. The van der Waals surface area contributed by atoms with E-state index in [0.29, 0.717) is 6.04 Å². The lowest BCUT2D eigenvalue weighted by Crippen LogP contribution is -2.64. The van der Waals surface area contributed by atoms with Crippen molar-refractivity contribution in [1.82, 2.24) is 4.90 Å². The molecule has 2 heterocycles. The number of para-hydroxylation sites is 1. The van der Waals surface area contributed by atoms with E-state index in [1.165, 1.54) is 12.8 Å². The van der Waals surface area contributed by atoms with Gasteiger partial charge in [-0.25, -0.2) is 0 Å². The highest BCUT2D eigenvalue weighted by molar-refractivity contribution is 5.89. The first-order valence-corrected chi connectivity index (χ1v) is 9.25. The number of nitrogens with zero attached hydrogens (tertiary/aromatic N) is 1. The minimum atomic E-state index is -0.488. The average molecular weight is 351 g/mol. The molecular weight excluding hydrogens is 330 g/mol. The Bertz CT molecular complexity index is 816. The summed E-state index contributed by atoms with van der Waals surface area (Å²) in [6.07, 6.45) is 4.03. The molecule has 26 heavy (non-hydrogen) atoms. The van der Waals surface area contributed by atoms with E-state index in [2.05, 4.69) is 0 Å². The monoisotopic (exact) mass is 351 g/mol. The van der Waals surface area contributed by atoms with Gasteiger partial charge in [-0.3, -0.25) is 4.79 Å². The standard InChI is InChI=1S/C21H21NO4/c23-21-20(26-16-8-2-1-3-9-16)19(22(21)15-6-4-5-7-15)14-10-11-17-18(12-14)25-13-24-17/h1-3,8-12,15,19-20H,4-7,13H2/t19-,20+/m0/s1. The fourth-order valence-electron chi connectivity index (χ4n) is 4.27. The number of carbonyl (C=O) groups excluding carboxylic acids is 1. The molecule has 0 N–H and O–H groups in total. The number of fused-ring (bicyclic) bond motifs is 1. The van der Waals surface area contributed by atoms with Gasteiger partial charge in [0, 0.05) is 6.04 Å². The van der Waals surface area contributed by atoms with Gasteiger partial charge in [0.2, 0.25) is 12.9 Å². The van der Waals surface area contributed by atoms with Gasteiger partial charge in [0.05, 0.1) is 0 Å². The molecule has 0 bridgehead atoms. The lowest BCUT2D eigenvalue weighted by atomic mass is 9.87. The number of hydrogen-bond acceptors (Lipinski definition) is 4. The highest BCUT2D eigenvalue weighted by atomic mass is 16.7. The van der Waals surface area contributed by atoms with E-state index >= 15 is 0 Å². The zero-order valence-electron chi connectivity index (χ0n) is 14.5. The van der Waals surface area contributed by atoms with Crippen LogP contribution in [0.5, 0.6) is 17.2 Å². The number of amides is 1. The Labute approximate surface area is 152 Å². The van der Waals surface area contributed by atoms with Crippen molar-refractivity contribution in [3.8, 4) is 17.2 Å². The fourth-order valence-corrected chi connectivity index (χ4v) is 4.27. The summed E-state index contributed by atoms with van der Waals surface area (Å²) in [5.41, 5.74) is 1.04. The second kappa shape index (κ2) is 6.24. The van der Waals surface area contributed by atoms with E-state index < -0.39 is 6.10 Å².